The molecular formula is C28H41NS. The molecular weight excluding hydrogens is 382 g/mol. The zero-order chi connectivity index (χ0) is 21.0. The molecule has 164 valence electrons. The van der Waals surface area contributed by atoms with E-state index in [1.807, 2.05) is 11.8 Å². The Labute approximate surface area is 189 Å². The van der Waals surface area contributed by atoms with E-state index in [4.69, 9.17) is 0 Å². The minimum Gasteiger partial charge on any atom is -0.354 e. The van der Waals surface area contributed by atoms with Crippen LogP contribution in [0.2, 0.25) is 0 Å². The molecule has 2 aromatic rings. The van der Waals surface area contributed by atoms with E-state index < -0.39 is 0 Å². The molecule has 0 amide bonds. The lowest BCUT2D eigenvalue weighted by Crippen LogP contribution is -2.02. The van der Waals surface area contributed by atoms with Gasteiger partial charge in [-0.25, -0.2) is 0 Å². The Morgan fingerprint density at radius 2 is 1.00 bits per heavy atom. The Morgan fingerprint density at radius 3 is 1.47 bits per heavy atom. The number of benzene rings is 2. The Kier molecular flexibility index (Phi) is 10.2. The van der Waals surface area contributed by atoms with Crippen LogP contribution in [-0.4, -0.2) is 0 Å². The molecule has 0 aromatic heterocycles. The SMILES string of the molecule is CCCCCCCCc1ccc2c(c1)Nc1cc(CCCCCCCC)ccc1S2. The molecule has 3 rings (SSSR count). The van der Waals surface area contributed by atoms with E-state index in [9.17, 15) is 0 Å². The molecule has 0 radical (unpaired) electrons. The van der Waals surface area contributed by atoms with E-state index in [0.717, 1.165) is 0 Å². The highest BCUT2D eigenvalue weighted by atomic mass is 32.2. The molecule has 0 unspecified atom stereocenters. The molecule has 0 fully saturated rings. The van der Waals surface area contributed by atoms with Crippen LogP contribution in [0.3, 0.4) is 0 Å². The summed E-state index contributed by atoms with van der Waals surface area (Å²) in [5.41, 5.74) is 5.55. The van der Waals surface area contributed by atoms with Crippen LogP contribution in [-0.2, 0) is 12.8 Å². The van der Waals surface area contributed by atoms with E-state index in [0.29, 0.717) is 0 Å². The van der Waals surface area contributed by atoms with Gasteiger partial charge in [-0.05, 0) is 61.1 Å². The van der Waals surface area contributed by atoms with Gasteiger partial charge in [0.05, 0.1) is 11.4 Å². The number of rotatable bonds is 14. The highest BCUT2D eigenvalue weighted by molar-refractivity contribution is 7.99. The Balaban J connectivity index is 1.49. The van der Waals surface area contributed by atoms with Crippen molar-refractivity contribution in [2.75, 3.05) is 5.32 Å². The smallest absolute Gasteiger partial charge is 0.0529 e. The molecule has 1 heterocycles. The van der Waals surface area contributed by atoms with Crippen LogP contribution in [0.5, 0.6) is 0 Å². The maximum atomic E-state index is 3.74. The number of fused-ring (bicyclic) bond motifs is 2. The summed E-state index contributed by atoms with van der Waals surface area (Å²) in [6.07, 6.45) is 18.8. The largest absolute Gasteiger partial charge is 0.354 e. The van der Waals surface area contributed by atoms with Gasteiger partial charge in [0.1, 0.15) is 0 Å². The third-order valence-corrected chi connectivity index (χ3v) is 7.37. The van der Waals surface area contributed by atoms with Crippen LogP contribution in [0.25, 0.3) is 0 Å². The van der Waals surface area contributed by atoms with E-state index in [2.05, 4.69) is 55.6 Å². The normalized spacial score (nSPS) is 12.3. The highest BCUT2D eigenvalue weighted by Gasteiger charge is 2.16. The van der Waals surface area contributed by atoms with Gasteiger partial charge >= 0.3 is 0 Å². The lowest BCUT2D eigenvalue weighted by Gasteiger charge is -2.22. The van der Waals surface area contributed by atoms with Gasteiger partial charge in [-0.2, -0.15) is 0 Å². The van der Waals surface area contributed by atoms with Crippen molar-refractivity contribution in [3.63, 3.8) is 0 Å². The molecule has 0 saturated carbocycles. The summed E-state index contributed by atoms with van der Waals surface area (Å²) in [5.74, 6) is 0. The van der Waals surface area contributed by atoms with E-state index in [-0.39, 0.29) is 0 Å². The standard InChI is InChI=1S/C28H41NS/c1-3-5-7-9-11-13-15-23-17-19-27-25(21-23)29-26-22-24(18-20-28(26)30-27)16-14-12-10-8-6-4-2/h17-22,29H,3-16H2,1-2H3. The van der Waals surface area contributed by atoms with Gasteiger partial charge < -0.3 is 5.32 Å². The molecule has 0 saturated heterocycles. The number of hydrogen-bond acceptors (Lipinski definition) is 2. The summed E-state index contributed by atoms with van der Waals surface area (Å²) in [7, 11) is 0. The summed E-state index contributed by atoms with van der Waals surface area (Å²) in [5, 5.41) is 3.74. The fourth-order valence-electron chi connectivity index (χ4n) is 4.32. The maximum Gasteiger partial charge on any atom is 0.0529 e. The monoisotopic (exact) mass is 423 g/mol. The van der Waals surface area contributed by atoms with Crippen LogP contribution >= 0.6 is 11.8 Å². The quantitative estimate of drug-likeness (QED) is 0.259. The van der Waals surface area contributed by atoms with Crippen molar-refractivity contribution in [2.24, 2.45) is 0 Å². The number of unbranched alkanes of at least 4 members (excludes halogenated alkanes) is 10. The molecule has 0 aliphatic carbocycles. The zero-order valence-corrected chi connectivity index (χ0v) is 20.1. The predicted octanol–water partition coefficient (Wildman–Crippen LogP) is 9.70. The Morgan fingerprint density at radius 1 is 0.567 bits per heavy atom. The van der Waals surface area contributed by atoms with E-state index in [1.165, 1.54) is 122 Å². The fourth-order valence-corrected chi connectivity index (χ4v) is 5.27. The summed E-state index contributed by atoms with van der Waals surface area (Å²) in [6.45, 7) is 4.57. The first-order valence-electron chi connectivity index (χ1n) is 12.5. The van der Waals surface area contributed by atoms with Crippen LogP contribution in [0, 0.1) is 0 Å². The van der Waals surface area contributed by atoms with E-state index in [1.54, 1.807) is 0 Å². The predicted molar refractivity (Wildman–Crippen MR) is 134 cm³/mol. The molecule has 2 aromatic carbocycles. The van der Waals surface area contributed by atoms with E-state index >= 15 is 0 Å². The number of aryl methyl sites for hydroxylation is 2. The van der Waals surface area contributed by atoms with Crippen LogP contribution in [0.4, 0.5) is 11.4 Å². The third-order valence-electron chi connectivity index (χ3n) is 6.22. The third kappa shape index (κ3) is 7.38. The van der Waals surface area contributed by atoms with Crippen molar-refractivity contribution in [1.29, 1.82) is 0 Å². The second-order valence-corrected chi connectivity index (χ2v) is 10.0. The molecule has 0 atom stereocenters. The minimum atomic E-state index is 1.21. The van der Waals surface area contributed by atoms with Gasteiger partial charge in [-0.3, -0.25) is 0 Å². The first-order chi connectivity index (χ1) is 14.8. The summed E-state index contributed by atoms with van der Waals surface area (Å²) >= 11 is 1.91. The number of anilines is 2. The summed E-state index contributed by atoms with van der Waals surface area (Å²) in [4.78, 5) is 2.72. The van der Waals surface area contributed by atoms with Crippen LogP contribution in [0.15, 0.2) is 46.2 Å². The molecule has 1 nitrogen and oxygen atoms in total. The van der Waals surface area contributed by atoms with Crippen molar-refractivity contribution >= 4 is 23.1 Å². The lowest BCUT2D eigenvalue weighted by molar-refractivity contribution is 0.607. The second-order valence-electron chi connectivity index (χ2n) is 8.92. The van der Waals surface area contributed by atoms with Gasteiger partial charge in [-0.1, -0.05) is 102 Å². The lowest BCUT2D eigenvalue weighted by atomic mass is 10.0. The minimum absolute atomic E-state index is 1.21. The van der Waals surface area contributed by atoms with Crippen LogP contribution < -0.4 is 5.32 Å². The van der Waals surface area contributed by atoms with Gasteiger partial charge in [0.2, 0.25) is 0 Å². The first-order valence-corrected chi connectivity index (χ1v) is 13.3. The number of nitrogens with one attached hydrogen (secondary N) is 1. The van der Waals surface area contributed by atoms with Gasteiger partial charge in [-0.15, -0.1) is 0 Å². The number of hydrogen-bond donors (Lipinski definition) is 1. The van der Waals surface area contributed by atoms with Gasteiger partial charge in [0.25, 0.3) is 0 Å². The molecule has 1 N–H and O–H groups in total. The molecule has 0 spiro atoms. The van der Waals surface area contributed by atoms with Gasteiger partial charge in [0.15, 0.2) is 0 Å². The van der Waals surface area contributed by atoms with Crippen molar-refractivity contribution in [3.8, 4) is 0 Å². The second kappa shape index (κ2) is 13.1. The molecule has 1 aliphatic heterocycles. The van der Waals surface area contributed by atoms with Crippen molar-refractivity contribution in [2.45, 2.75) is 114 Å². The Hall–Kier alpha value is -1.41. The average molecular weight is 424 g/mol. The average Bonchev–Trinajstić information content (AvgIpc) is 2.77. The van der Waals surface area contributed by atoms with Gasteiger partial charge in [0, 0.05) is 9.79 Å². The topological polar surface area (TPSA) is 12.0 Å². The summed E-state index contributed by atoms with van der Waals surface area (Å²) in [6, 6.07) is 14.1. The Bertz CT molecular complexity index is 704. The van der Waals surface area contributed by atoms with Crippen molar-refractivity contribution in [3.05, 3.63) is 47.5 Å². The molecule has 2 heteroatoms. The molecule has 30 heavy (non-hydrogen) atoms. The summed E-state index contributed by atoms with van der Waals surface area (Å²) < 4.78 is 0. The fraction of sp³-hybridized carbons (Fsp3) is 0.571. The van der Waals surface area contributed by atoms with Crippen LogP contribution in [0.1, 0.15) is 102 Å². The highest BCUT2D eigenvalue weighted by Crippen LogP contribution is 2.44. The zero-order valence-electron chi connectivity index (χ0n) is 19.3. The molecule has 1 aliphatic rings. The maximum absolute atomic E-state index is 3.74. The first kappa shape index (κ1) is 23.3. The molecule has 0 bridgehead atoms. The van der Waals surface area contributed by atoms with Crippen molar-refractivity contribution in [1.82, 2.24) is 0 Å². The van der Waals surface area contributed by atoms with Crippen molar-refractivity contribution < 1.29 is 0 Å².